The van der Waals surface area contributed by atoms with Crippen LogP contribution in [0.4, 0.5) is 0 Å². The van der Waals surface area contributed by atoms with Crippen LogP contribution in [0.25, 0.3) is 0 Å². The van der Waals surface area contributed by atoms with Crippen molar-refractivity contribution in [3.8, 4) is 0 Å². The van der Waals surface area contributed by atoms with Crippen LogP contribution in [0, 0.1) is 5.92 Å². The molecule has 0 bridgehead atoms. The Labute approximate surface area is 111 Å². The summed E-state index contributed by atoms with van der Waals surface area (Å²) in [6.45, 7) is 6.69. The summed E-state index contributed by atoms with van der Waals surface area (Å²) in [5.41, 5.74) is 5.92. The second-order valence-electron chi connectivity index (χ2n) is 4.91. The van der Waals surface area contributed by atoms with E-state index in [1.807, 2.05) is 0 Å². The van der Waals surface area contributed by atoms with Crippen molar-refractivity contribution in [3.05, 3.63) is 0 Å². The Hall–Kier alpha value is -0.650. The van der Waals surface area contributed by atoms with Crippen LogP contribution in [0.2, 0.25) is 0 Å². The van der Waals surface area contributed by atoms with Crippen molar-refractivity contribution in [1.82, 2.24) is 4.90 Å². The van der Waals surface area contributed by atoms with Crippen molar-refractivity contribution in [1.29, 1.82) is 0 Å². The molecule has 1 amide bonds. The Morgan fingerprint density at radius 3 is 2.33 bits per heavy atom. The first-order valence-electron chi connectivity index (χ1n) is 6.55. The van der Waals surface area contributed by atoms with Crippen molar-refractivity contribution in [2.75, 3.05) is 40.5 Å². The number of carbonyl (C=O) groups is 1. The quantitative estimate of drug-likeness (QED) is 0.592. The van der Waals surface area contributed by atoms with Gasteiger partial charge in [-0.1, -0.05) is 13.8 Å². The highest BCUT2D eigenvalue weighted by molar-refractivity contribution is 5.81. The van der Waals surface area contributed by atoms with Crippen molar-refractivity contribution < 1.29 is 14.3 Å². The zero-order valence-electron chi connectivity index (χ0n) is 12.1. The number of nitrogens with zero attached hydrogens (tertiary/aromatic N) is 1. The fourth-order valence-electron chi connectivity index (χ4n) is 1.74. The molecule has 0 saturated carbocycles. The number of hydrogen-bond acceptors (Lipinski definition) is 4. The van der Waals surface area contributed by atoms with Crippen LogP contribution < -0.4 is 5.73 Å². The van der Waals surface area contributed by atoms with Crippen LogP contribution >= 0.6 is 0 Å². The van der Waals surface area contributed by atoms with Crippen LogP contribution in [0.5, 0.6) is 0 Å². The lowest BCUT2D eigenvalue weighted by Crippen LogP contribution is -2.46. The monoisotopic (exact) mass is 260 g/mol. The third kappa shape index (κ3) is 7.63. The molecule has 0 rings (SSSR count). The van der Waals surface area contributed by atoms with Gasteiger partial charge in [0.15, 0.2) is 0 Å². The first-order chi connectivity index (χ1) is 8.52. The Morgan fingerprint density at radius 2 is 1.83 bits per heavy atom. The van der Waals surface area contributed by atoms with Crippen molar-refractivity contribution in [2.45, 2.75) is 32.7 Å². The van der Waals surface area contributed by atoms with Crippen LogP contribution in [-0.4, -0.2) is 57.4 Å². The van der Waals surface area contributed by atoms with E-state index in [0.29, 0.717) is 32.1 Å². The molecule has 5 heteroatoms. The molecule has 18 heavy (non-hydrogen) atoms. The molecule has 0 aliphatic carbocycles. The van der Waals surface area contributed by atoms with E-state index in [-0.39, 0.29) is 5.91 Å². The lowest BCUT2D eigenvalue weighted by atomic mass is 10.1. The van der Waals surface area contributed by atoms with E-state index in [1.54, 1.807) is 19.1 Å². The molecule has 0 aromatic rings. The molecule has 0 saturated heterocycles. The van der Waals surface area contributed by atoms with E-state index in [0.717, 1.165) is 13.0 Å². The average molecular weight is 260 g/mol. The van der Waals surface area contributed by atoms with Crippen LogP contribution in [0.15, 0.2) is 0 Å². The summed E-state index contributed by atoms with van der Waals surface area (Å²) in [7, 11) is 3.29. The highest BCUT2D eigenvalue weighted by Crippen LogP contribution is 2.05. The molecule has 0 fully saturated rings. The minimum absolute atomic E-state index is 0.0110. The molecular formula is C13H28N2O3. The molecule has 1 unspecified atom stereocenters. The topological polar surface area (TPSA) is 64.8 Å². The highest BCUT2D eigenvalue weighted by Gasteiger charge is 2.21. The summed E-state index contributed by atoms with van der Waals surface area (Å²) in [5.74, 6) is 0.439. The summed E-state index contributed by atoms with van der Waals surface area (Å²) >= 11 is 0. The van der Waals surface area contributed by atoms with Gasteiger partial charge in [-0.2, -0.15) is 0 Å². The molecular weight excluding hydrogens is 232 g/mol. The standard InChI is InChI=1S/C13H28N2O3/c1-11(2)10-15(7-9-18-4)13(16)12(14)6-5-8-17-3/h11-12H,5-10,14H2,1-4H3. The molecule has 0 spiro atoms. The van der Waals surface area contributed by atoms with E-state index in [2.05, 4.69) is 13.8 Å². The van der Waals surface area contributed by atoms with E-state index >= 15 is 0 Å². The number of methoxy groups -OCH3 is 2. The number of rotatable bonds is 10. The maximum Gasteiger partial charge on any atom is 0.239 e. The first-order valence-corrected chi connectivity index (χ1v) is 6.55. The van der Waals surface area contributed by atoms with Crippen molar-refractivity contribution in [3.63, 3.8) is 0 Å². The molecule has 0 aliphatic heterocycles. The van der Waals surface area contributed by atoms with Gasteiger partial charge in [0, 0.05) is 33.9 Å². The SMILES string of the molecule is COCCCC(N)C(=O)N(CCOC)CC(C)C. The van der Waals surface area contributed by atoms with Crippen molar-refractivity contribution >= 4 is 5.91 Å². The van der Waals surface area contributed by atoms with E-state index in [4.69, 9.17) is 15.2 Å². The smallest absolute Gasteiger partial charge is 0.239 e. The molecule has 0 radical (unpaired) electrons. The minimum Gasteiger partial charge on any atom is -0.385 e. The Bertz CT molecular complexity index is 222. The maximum atomic E-state index is 12.2. The summed E-state index contributed by atoms with van der Waals surface area (Å²) in [4.78, 5) is 14.0. The second-order valence-corrected chi connectivity index (χ2v) is 4.91. The number of carbonyl (C=O) groups excluding carboxylic acids is 1. The summed E-state index contributed by atoms with van der Waals surface area (Å²) in [6, 6.07) is -0.434. The summed E-state index contributed by atoms with van der Waals surface area (Å²) < 4.78 is 9.99. The molecule has 5 nitrogen and oxygen atoms in total. The van der Waals surface area contributed by atoms with Gasteiger partial charge >= 0.3 is 0 Å². The molecule has 0 aromatic heterocycles. The largest absolute Gasteiger partial charge is 0.385 e. The van der Waals surface area contributed by atoms with Crippen LogP contribution in [0.1, 0.15) is 26.7 Å². The summed E-state index contributed by atoms with van der Waals surface area (Å²) in [5, 5.41) is 0. The third-order valence-electron chi connectivity index (χ3n) is 2.64. The fraction of sp³-hybridized carbons (Fsp3) is 0.923. The second kappa shape index (κ2) is 10.3. The Balaban J connectivity index is 4.24. The van der Waals surface area contributed by atoms with Gasteiger partial charge < -0.3 is 20.1 Å². The molecule has 1 atom stereocenters. The van der Waals surface area contributed by atoms with E-state index in [9.17, 15) is 4.79 Å². The molecule has 2 N–H and O–H groups in total. The minimum atomic E-state index is -0.434. The predicted molar refractivity (Wildman–Crippen MR) is 72.4 cm³/mol. The fourth-order valence-corrected chi connectivity index (χ4v) is 1.74. The molecule has 0 aliphatic rings. The van der Waals surface area contributed by atoms with Gasteiger partial charge in [-0.25, -0.2) is 0 Å². The zero-order valence-corrected chi connectivity index (χ0v) is 12.1. The molecule has 108 valence electrons. The van der Waals surface area contributed by atoms with Gasteiger partial charge in [0.05, 0.1) is 12.6 Å². The predicted octanol–water partition coefficient (Wildman–Crippen LogP) is 0.871. The van der Waals surface area contributed by atoms with Crippen molar-refractivity contribution in [2.24, 2.45) is 11.7 Å². The van der Waals surface area contributed by atoms with Gasteiger partial charge in [0.25, 0.3) is 0 Å². The third-order valence-corrected chi connectivity index (χ3v) is 2.64. The number of ether oxygens (including phenoxy) is 2. The van der Waals surface area contributed by atoms with Gasteiger partial charge in [-0.15, -0.1) is 0 Å². The number of hydrogen-bond donors (Lipinski definition) is 1. The molecule has 0 aromatic carbocycles. The Kier molecular flexibility index (Phi) is 9.92. The highest BCUT2D eigenvalue weighted by atomic mass is 16.5. The maximum absolute atomic E-state index is 12.2. The van der Waals surface area contributed by atoms with Gasteiger partial charge in [0.1, 0.15) is 0 Å². The van der Waals surface area contributed by atoms with Gasteiger partial charge in [-0.3, -0.25) is 4.79 Å². The lowest BCUT2D eigenvalue weighted by Gasteiger charge is -2.27. The van der Waals surface area contributed by atoms with E-state index in [1.165, 1.54) is 0 Å². The number of amides is 1. The first kappa shape index (κ1) is 17.4. The Morgan fingerprint density at radius 1 is 1.22 bits per heavy atom. The average Bonchev–Trinajstić information content (AvgIpc) is 2.33. The zero-order chi connectivity index (χ0) is 14.0. The lowest BCUT2D eigenvalue weighted by molar-refractivity contribution is -0.134. The normalized spacial score (nSPS) is 12.8. The van der Waals surface area contributed by atoms with Crippen LogP contribution in [0.3, 0.4) is 0 Å². The van der Waals surface area contributed by atoms with Gasteiger partial charge in [-0.05, 0) is 18.8 Å². The summed E-state index contributed by atoms with van der Waals surface area (Å²) in [6.07, 6.45) is 1.47. The van der Waals surface area contributed by atoms with E-state index < -0.39 is 6.04 Å². The molecule has 0 heterocycles. The van der Waals surface area contributed by atoms with Gasteiger partial charge in [0.2, 0.25) is 5.91 Å². The van der Waals surface area contributed by atoms with Crippen LogP contribution in [-0.2, 0) is 14.3 Å². The number of nitrogens with two attached hydrogens (primary N) is 1.